The number of rotatable bonds is 5. The number of halogens is 1. The molecule has 5 heteroatoms. The van der Waals surface area contributed by atoms with Crippen molar-refractivity contribution in [3.05, 3.63) is 52.8 Å². The number of nitriles is 1. The van der Waals surface area contributed by atoms with Crippen LogP contribution in [0.1, 0.15) is 24.1 Å². The van der Waals surface area contributed by atoms with Crippen molar-refractivity contribution in [2.24, 2.45) is 0 Å². The average Bonchev–Trinajstić information content (AvgIpc) is 3.25. The maximum atomic E-state index is 9.86. The maximum absolute atomic E-state index is 9.86. The van der Waals surface area contributed by atoms with Crippen LogP contribution in [-0.2, 0) is 12.1 Å². The van der Waals surface area contributed by atoms with Crippen LogP contribution < -0.4 is 5.32 Å². The summed E-state index contributed by atoms with van der Waals surface area (Å²) in [6.07, 6.45) is 4.02. The Bertz CT molecular complexity index is 650. The predicted molar refractivity (Wildman–Crippen MR) is 81.9 cm³/mol. The summed E-state index contributed by atoms with van der Waals surface area (Å²) in [5.41, 5.74) is 0.969. The van der Waals surface area contributed by atoms with Gasteiger partial charge in [0.25, 0.3) is 0 Å². The van der Waals surface area contributed by atoms with Gasteiger partial charge >= 0.3 is 0 Å². The van der Waals surface area contributed by atoms with Crippen molar-refractivity contribution in [2.45, 2.75) is 37.9 Å². The van der Waals surface area contributed by atoms with E-state index in [1.807, 2.05) is 37.3 Å². The quantitative estimate of drug-likeness (QED) is 0.923. The zero-order chi connectivity index (χ0) is 14.9. The molecular formula is C16H17ClN4. The highest BCUT2D eigenvalue weighted by molar-refractivity contribution is 6.31. The van der Waals surface area contributed by atoms with Crippen LogP contribution in [0.2, 0.25) is 5.02 Å². The molecule has 0 aliphatic heterocycles. The first kappa shape index (κ1) is 14.1. The lowest BCUT2D eigenvalue weighted by Crippen LogP contribution is -2.46. The third-order valence-corrected chi connectivity index (χ3v) is 4.14. The molecule has 0 bridgehead atoms. The van der Waals surface area contributed by atoms with Gasteiger partial charge in [0.05, 0.1) is 23.3 Å². The monoisotopic (exact) mass is 300 g/mol. The molecule has 1 aromatic heterocycles. The highest BCUT2D eigenvalue weighted by Crippen LogP contribution is 2.30. The van der Waals surface area contributed by atoms with E-state index in [1.54, 1.807) is 10.9 Å². The second kappa shape index (κ2) is 5.51. The Morgan fingerprint density at radius 2 is 2.14 bits per heavy atom. The summed E-state index contributed by atoms with van der Waals surface area (Å²) in [5.74, 6) is 0. The molecule has 1 aromatic carbocycles. The highest BCUT2D eigenvalue weighted by Gasteiger charge is 2.38. The van der Waals surface area contributed by atoms with Gasteiger partial charge in [-0.2, -0.15) is 10.4 Å². The van der Waals surface area contributed by atoms with E-state index in [1.165, 1.54) is 0 Å². The molecule has 0 amide bonds. The first-order valence-electron chi connectivity index (χ1n) is 7.07. The minimum Gasteiger partial charge on any atom is -0.291 e. The van der Waals surface area contributed by atoms with Gasteiger partial charge in [0.1, 0.15) is 0 Å². The first-order chi connectivity index (χ1) is 10.1. The van der Waals surface area contributed by atoms with Gasteiger partial charge in [-0.05, 0) is 25.3 Å². The lowest BCUT2D eigenvalue weighted by molar-refractivity contribution is 0.347. The molecule has 2 aromatic rings. The van der Waals surface area contributed by atoms with Crippen molar-refractivity contribution < 1.29 is 0 Å². The van der Waals surface area contributed by atoms with Crippen LogP contribution in [-0.4, -0.2) is 15.8 Å². The summed E-state index contributed by atoms with van der Waals surface area (Å²) >= 11 is 6.08. The van der Waals surface area contributed by atoms with E-state index in [9.17, 15) is 5.26 Å². The van der Waals surface area contributed by atoms with Crippen molar-refractivity contribution in [3.63, 3.8) is 0 Å². The molecule has 4 nitrogen and oxygen atoms in total. The van der Waals surface area contributed by atoms with E-state index in [0.717, 1.165) is 24.1 Å². The number of nitrogens with one attached hydrogen (secondary N) is 1. The molecule has 1 unspecified atom stereocenters. The minimum atomic E-state index is -0.774. The first-order valence-corrected chi connectivity index (χ1v) is 7.45. The molecule has 21 heavy (non-hydrogen) atoms. The van der Waals surface area contributed by atoms with Crippen LogP contribution >= 0.6 is 11.6 Å². The standard InChI is InChI=1S/C16H17ClN4/c1-12-15(17)9-21(20-12)11-16(10-18,19-14-7-8-14)13-5-3-2-4-6-13/h2-6,9,14,19H,7-8,11H2,1H3. The molecule has 1 fully saturated rings. The molecule has 1 saturated carbocycles. The van der Waals surface area contributed by atoms with Crippen LogP contribution in [0.3, 0.4) is 0 Å². The highest BCUT2D eigenvalue weighted by atomic mass is 35.5. The van der Waals surface area contributed by atoms with Crippen molar-refractivity contribution in [1.29, 1.82) is 5.26 Å². The van der Waals surface area contributed by atoms with Crippen LogP contribution in [0.4, 0.5) is 0 Å². The van der Waals surface area contributed by atoms with Gasteiger partial charge in [0.15, 0.2) is 5.54 Å². The molecular weight excluding hydrogens is 284 g/mol. The Morgan fingerprint density at radius 3 is 2.67 bits per heavy atom. The van der Waals surface area contributed by atoms with E-state index in [-0.39, 0.29) is 0 Å². The molecule has 0 radical (unpaired) electrons. The Morgan fingerprint density at radius 1 is 1.43 bits per heavy atom. The van der Waals surface area contributed by atoms with E-state index >= 15 is 0 Å². The molecule has 1 N–H and O–H groups in total. The lowest BCUT2D eigenvalue weighted by atomic mass is 9.91. The molecule has 1 aliphatic carbocycles. The minimum absolute atomic E-state index is 0.414. The Hall–Kier alpha value is -1.83. The molecule has 0 saturated heterocycles. The van der Waals surface area contributed by atoms with E-state index in [4.69, 9.17) is 11.6 Å². The van der Waals surface area contributed by atoms with Gasteiger partial charge in [-0.3, -0.25) is 10.00 Å². The molecule has 1 aliphatic rings. The summed E-state index contributed by atoms with van der Waals surface area (Å²) in [6, 6.07) is 12.7. The van der Waals surface area contributed by atoms with Crippen LogP contribution in [0, 0.1) is 18.3 Å². The van der Waals surface area contributed by atoms with Gasteiger partial charge in [-0.1, -0.05) is 41.9 Å². The van der Waals surface area contributed by atoms with Crippen LogP contribution in [0.15, 0.2) is 36.5 Å². The predicted octanol–water partition coefficient (Wildman–Crippen LogP) is 3.02. The summed E-state index contributed by atoms with van der Waals surface area (Å²) in [4.78, 5) is 0. The van der Waals surface area contributed by atoms with Crippen LogP contribution in [0.25, 0.3) is 0 Å². The number of aromatic nitrogens is 2. The summed E-state index contributed by atoms with van der Waals surface area (Å²) in [7, 11) is 0. The fourth-order valence-electron chi connectivity index (χ4n) is 2.47. The molecule has 108 valence electrons. The van der Waals surface area contributed by atoms with Crippen molar-refractivity contribution in [2.75, 3.05) is 0 Å². The number of benzene rings is 1. The molecule has 3 rings (SSSR count). The van der Waals surface area contributed by atoms with Crippen molar-refractivity contribution in [3.8, 4) is 6.07 Å². The number of nitrogens with zero attached hydrogens (tertiary/aromatic N) is 3. The largest absolute Gasteiger partial charge is 0.291 e. The second-order valence-corrected chi connectivity index (χ2v) is 5.97. The number of hydrogen-bond acceptors (Lipinski definition) is 3. The third-order valence-electron chi connectivity index (χ3n) is 3.77. The molecule has 1 heterocycles. The van der Waals surface area contributed by atoms with Gasteiger partial charge in [0, 0.05) is 12.2 Å². The molecule has 1 atom stereocenters. The normalized spacial score (nSPS) is 17.2. The Kier molecular flexibility index (Phi) is 3.71. The van der Waals surface area contributed by atoms with Gasteiger partial charge in [0.2, 0.25) is 0 Å². The summed E-state index contributed by atoms with van der Waals surface area (Å²) < 4.78 is 1.75. The number of hydrogen-bond donors (Lipinski definition) is 1. The average molecular weight is 301 g/mol. The fourth-order valence-corrected chi connectivity index (χ4v) is 2.62. The Labute approximate surface area is 129 Å². The summed E-state index contributed by atoms with van der Waals surface area (Å²) in [6.45, 7) is 2.31. The number of aryl methyl sites for hydroxylation is 1. The Balaban J connectivity index is 1.96. The van der Waals surface area contributed by atoms with E-state index < -0.39 is 5.54 Å². The summed E-state index contributed by atoms with van der Waals surface area (Å²) in [5, 5.41) is 18.4. The topological polar surface area (TPSA) is 53.6 Å². The van der Waals surface area contributed by atoms with Crippen LogP contribution in [0.5, 0.6) is 0 Å². The fraction of sp³-hybridized carbons (Fsp3) is 0.375. The zero-order valence-corrected chi connectivity index (χ0v) is 12.6. The SMILES string of the molecule is Cc1nn(CC(C#N)(NC2CC2)c2ccccc2)cc1Cl. The smallest absolute Gasteiger partial charge is 0.152 e. The maximum Gasteiger partial charge on any atom is 0.152 e. The van der Waals surface area contributed by atoms with Crippen molar-refractivity contribution in [1.82, 2.24) is 15.1 Å². The second-order valence-electron chi connectivity index (χ2n) is 5.56. The van der Waals surface area contributed by atoms with Crippen molar-refractivity contribution >= 4 is 11.6 Å². The molecule has 0 spiro atoms. The van der Waals surface area contributed by atoms with Gasteiger partial charge in [-0.25, -0.2) is 0 Å². The zero-order valence-electron chi connectivity index (χ0n) is 11.9. The third kappa shape index (κ3) is 2.94. The lowest BCUT2D eigenvalue weighted by Gasteiger charge is -2.28. The van der Waals surface area contributed by atoms with Gasteiger partial charge in [-0.15, -0.1) is 0 Å². The van der Waals surface area contributed by atoms with Gasteiger partial charge < -0.3 is 0 Å². The van der Waals surface area contributed by atoms with E-state index in [2.05, 4.69) is 16.5 Å². The van der Waals surface area contributed by atoms with E-state index in [0.29, 0.717) is 17.6 Å².